The van der Waals surface area contributed by atoms with Crippen LogP contribution in [0.4, 0.5) is 0 Å². The van der Waals surface area contributed by atoms with Crippen LogP contribution in [0.15, 0.2) is 4.99 Å². The monoisotopic (exact) mass is 100 g/mol. The number of rotatable bonds is 2. The van der Waals surface area contributed by atoms with E-state index in [1.165, 1.54) is 0 Å². The molecule has 0 aliphatic heterocycles. The average Bonchev–Trinajstić information content (AvgIpc) is 1.61. The number of nitrogens with zero attached hydrogens (tertiary/aromatic N) is 1. The number of hydrogen-bond acceptors (Lipinski definition) is 2. The van der Waals surface area contributed by atoms with Crippen molar-refractivity contribution in [3.63, 3.8) is 0 Å². The number of aliphatic carboxylic acids is 1. The summed E-state index contributed by atoms with van der Waals surface area (Å²) in [7, 11) is 0. The Kier molecular flexibility index (Phi) is 2.50. The van der Waals surface area contributed by atoms with Crippen molar-refractivity contribution in [1.29, 1.82) is 5.41 Å². The summed E-state index contributed by atoms with van der Waals surface area (Å²) in [5.74, 6) is -1.14. The summed E-state index contributed by atoms with van der Waals surface area (Å²) in [6, 6.07) is 0. The summed E-state index contributed by atoms with van der Waals surface area (Å²) < 4.78 is 0. The maximum atomic E-state index is 9.51. The number of aliphatic imine (C=N–C) groups is 1. The Labute approximate surface area is 40.0 Å². The molecule has 2 N–H and O–H groups in total. The third-order valence-corrected chi connectivity index (χ3v) is 0.260. The van der Waals surface area contributed by atoms with Gasteiger partial charge in [0.15, 0.2) is 0 Å². The molecule has 0 heterocycles. The molecule has 0 atom stereocenters. The molecule has 4 heteroatoms. The lowest BCUT2D eigenvalue weighted by atomic mass is 10.8. The predicted molar refractivity (Wildman–Crippen MR) is 24.9 cm³/mol. The van der Waals surface area contributed by atoms with E-state index in [2.05, 4.69) is 4.99 Å². The minimum atomic E-state index is -1.14. The van der Waals surface area contributed by atoms with Crippen LogP contribution in [0.25, 0.3) is 0 Å². The van der Waals surface area contributed by atoms with Crippen molar-refractivity contribution in [2.45, 2.75) is 0 Å². The molecule has 4 nitrogen and oxygen atoms in total. The molecule has 0 aliphatic rings. The van der Waals surface area contributed by atoms with E-state index in [1.807, 2.05) is 0 Å². The second kappa shape index (κ2) is 3.02. The van der Waals surface area contributed by atoms with Crippen molar-refractivity contribution in [3.05, 3.63) is 0 Å². The topological polar surface area (TPSA) is 73.5 Å². The summed E-state index contributed by atoms with van der Waals surface area (Å²) in [5, 5.41) is 14.0. The summed E-state index contributed by atoms with van der Waals surface area (Å²) in [6.07, 6.45) is 1.31. The van der Waals surface area contributed by atoms with Gasteiger partial charge in [-0.15, -0.1) is 0 Å². The maximum absolute atomic E-state index is 9.51. The molecule has 0 aromatic heterocycles. The fourth-order valence-electron chi connectivity index (χ4n) is 0.101. The van der Waals surface area contributed by atoms with E-state index in [1.54, 1.807) is 0 Å². The van der Waals surface area contributed by atoms with Gasteiger partial charge in [-0.2, -0.15) is 0 Å². The molecule has 0 radical (unpaired) electrons. The maximum Gasteiger partial charge on any atom is 0.347 e. The van der Waals surface area contributed by atoms with Gasteiger partial charge in [-0.3, -0.25) is 5.41 Å². The number of carboxylic acids is 1. The lowest BCUT2D eigenvalue weighted by molar-refractivity contribution is -0.128. The molecule has 0 spiro atoms. The van der Waals surface area contributed by atoms with Gasteiger partial charge in [0.2, 0.25) is 0 Å². The lowest BCUT2D eigenvalue weighted by Crippen LogP contribution is -1.93. The zero-order valence-corrected chi connectivity index (χ0v) is 3.46. The first-order valence-electron chi connectivity index (χ1n) is 1.52. The van der Waals surface area contributed by atoms with E-state index in [-0.39, 0.29) is 0 Å². The fourth-order valence-corrected chi connectivity index (χ4v) is 0.101. The summed E-state index contributed by atoms with van der Waals surface area (Å²) in [6.45, 7) is 0. The van der Waals surface area contributed by atoms with E-state index in [4.69, 9.17) is 10.5 Å². The van der Waals surface area contributed by atoms with E-state index < -0.39 is 5.97 Å². The van der Waals surface area contributed by atoms with Crippen molar-refractivity contribution in [2.75, 3.05) is 0 Å². The van der Waals surface area contributed by atoms with Gasteiger partial charge < -0.3 is 5.11 Å². The first-order valence-corrected chi connectivity index (χ1v) is 1.52. The van der Waals surface area contributed by atoms with Gasteiger partial charge in [0.25, 0.3) is 0 Å². The van der Waals surface area contributed by atoms with Crippen molar-refractivity contribution >= 4 is 18.5 Å². The third-order valence-electron chi connectivity index (χ3n) is 0.260. The first kappa shape index (κ1) is 5.81. The quantitative estimate of drug-likeness (QED) is 0.371. The molecule has 0 amide bonds. The second-order valence-electron chi connectivity index (χ2n) is 0.746. The average molecular weight is 100 g/mol. The van der Waals surface area contributed by atoms with Crippen LogP contribution in [0.2, 0.25) is 0 Å². The lowest BCUT2D eigenvalue weighted by Gasteiger charge is -1.69. The highest BCUT2D eigenvalue weighted by Gasteiger charge is 1.80. The van der Waals surface area contributed by atoms with Crippen LogP contribution in [0, 0.1) is 5.41 Å². The minimum Gasteiger partial charge on any atom is -0.477 e. The second-order valence-corrected chi connectivity index (χ2v) is 0.746. The largest absolute Gasteiger partial charge is 0.477 e. The van der Waals surface area contributed by atoms with Gasteiger partial charge in [-0.05, 0) is 0 Å². The van der Waals surface area contributed by atoms with Crippen LogP contribution in [-0.4, -0.2) is 23.6 Å². The first-order chi connectivity index (χ1) is 3.27. The Balaban J connectivity index is 3.46. The molecule has 0 saturated heterocycles. The molecular weight excluding hydrogens is 96.0 g/mol. The highest BCUT2D eigenvalue weighted by atomic mass is 16.4. The van der Waals surface area contributed by atoms with Gasteiger partial charge in [0, 0.05) is 0 Å². The van der Waals surface area contributed by atoms with Gasteiger partial charge in [-0.25, -0.2) is 9.79 Å². The standard InChI is InChI=1S/C3H4N2O2/c4-2-5-1-3(6)7/h1-2,4H,(H,6,7)/b4-2?,5-1+. The molecule has 38 valence electrons. The molecule has 0 bridgehead atoms. The minimum absolute atomic E-state index is 0.646. The molecule has 0 unspecified atom stereocenters. The molecule has 7 heavy (non-hydrogen) atoms. The molecular formula is C3H4N2O2. The smallest absolute Gasteiger partial charge is 0.347 e. The van der Waals surface area contributed by atoms with E-state index in [0.717, 1.165) is 0 Å². The number of carbonyl (C=O) groups is 1. The number of carboxylic acid groups (broad SMARTS) is 1. The van der Waals surface area contributed by atoms with Crippen LogP contribution in [0.1, 0.15) is 0 Å². The van der Waals surface area contributed by atoms with Crippen LogP contribution in [-0.2, 0) is 4.79 Å². The van der Waals surface area contributed by atoms with E-state index in [9.17, 15) is 4.79 Å². The third kappa shape index (κ3) is 4.81. The SMILES string of the molecule is N=C/N=C/C(=O)O. The van der Waals surface area contributed by atoms with E-state index >= 15 is 0 Å². The molecule has 0 aromatic carbocycles. The molecule has 0 rings (SSSR count). The zero-order valence-electron chi connectivity index (χ0n) is 3.46. The Hall–Kier alpha value is -1.19. The van der Waals surface area contributed by atoms with Crippen LogP contribution >= 0.6 is 0 Å². The summed E-state index contributed by atoms with van der Waals surface area (Å²) in [5.41, 5.74) is 0. The highest BCUT2D eigenvalue weighted by Crippen LogP contribution is 1.53. The van der Waals surface area contributed by atoms with Gasteiger partial charge in [0.1, 0.15) is 12.6 Å². The Morgan fingerprint density at radius 2 is 2.43 bits per heavy atom. The predicted octanol–water partition coefficient (Wildman–Crippen LogP) is -0.251. The van der Waals surface area contributed by atoms with Crippen molar-refractivity contribution in [3.8, 4) is 0 Å². The van der Waals surface area contributed by atoms with E-state index in [0.29, 0.717) is 12.6 Å². The Bertz CT molecular complexity index is 108. The van der Waals surface area contributed by atoms with Gasteiger partial charge >= 0.3 is 5.97 Å². The zero-order chi connectivity index (χ0) is 5.70. The van der Waals surface area contributed by atoms with Crippen molar-refractivity contribution < 1.29 is 9.90 Å². The number of nitrogens with one attached hydrogen (secondary N) is 1. The summed E-state index contributed by atoms with van der Waals surface area (Å²) >= 11 is 0. The Morgan fingerprint density at radius 3 is 2.57 bits per heavy atom. The van der Waals surface area contributed by atoms with Crippen LogP contribution in [0.5, 0.6) is 0 Å². The number of hydrogen-bond donors (Lipinski definition) is 2. The van der Waals surface area contributed by atoms with Crippen LogP contribution in [0.3, 0.4) is 0 Å². The highest BCUT2D eigenvalue weighted by molar-refractivity contribution is 6.23. The molecule has 0 fully saturated rings. The van der Waals surface area contributed by atoms with Crippen molar-refractivity contribution in [2.24, 2.45) is 4.99 Å². The summed E-state index contributed by atoms with van der Waals surface area (Å²) in [4.78, 5) is 12.5. The van der Waals surface area contributed by atoms with Crippen molar-refractivity contribution in [1.82, 2.24) is 0 Å². The fraction of sp³-hybridized carbons (Fsp3) is 0. The normalized spacial score (nSPS) is 9.14. The van der Waals surface area contributed by atoms with Crippen LogP contribution < -0.4 is 0 Å². The molecule has 0 saturated carbocycles. The van der Waals surface area contributed by atoms with Gasteiger partial charge in [0.05, 0.1) is 0 Å². The molecule has 0 aliphatic carbocycles. The molecule has 0 aromatic rings. The van der Waals surface area contributed by atoms with Gasteiger partial charge in [-0.1, -0.05) is 0 Å². The Morgan fingerprint density at radius 1 is 1.86 bits per heavy atom.